The molecule has 23 heavy (non-hydrogen) atoms. The molecule has 0 bridgehead atoms. The number of nitrogens with zero attached hydrogens (tertiary/aromatic N) is 4. The number of likely N-dealkylation sites (N-methyl/N-ethyl adjacent to an activating group) is 1. The van der Waals surface area contributed by atoms with E-state index in [9.17, 15) is 4.79 Å². The molecule has 1 unspecified atom stereocenters. The van der Waals surface area contributed by atoms with Gasteiger partial charge in [-0.25, -0.2) is 0 Å². The van der Waals surface area contributed by atoms with E-state index in [1.54, 1.807) is 0 Å². The second-order valence-electron chi connectivity index (χ2n) is 6.86. The van der Waals surface area contributed by atoms with Crippen LogP contribution in [-0.4, -0.2) is 59.6 Å². The van der Waals surface area contributed by atoms with Crippen LogP contribution in [-0.2, 0) is 10.3 Å². The van der Waals surface area contributed by atoms with Crippen molar-refractivity contribution in [3.05, 3.63) is 11.7 Å². The number of halogens is 1. The zero-order chi connectivity index (χ0) is 15.7. The predicted octanol–water partition coefficient (Wildman–Crippen LogP) is 1.10. The molecule has 1 amide bonds. The number of likely N-dealkylation sites (tertiary alicyclic amines) is 1. The third-order valence-corrected chi connectivity index (χ3v) is 4.76. The maximum Gasteiger partial charge on any atom is 0.232 e. The van der Waals surface area contributed by atoms with Crippen molar-refractivity contribution in [2.75, 3.05) is 33.7 Å². The maximum absolute atomic E-state index is 12.1. The van der Waals surface area contributed by atoms with Crippen molar-refractivity contribution in [1.82, 2.24) is 19.9 Å². The first-order valence-electron chi connectivity index (χ1n) is 8.03. The summed E-state index contributed by atoms with van der Waals surface area (Å²) in [5, 5.41) is 4.09. The van der Waals surface area contributed by atoms with Gasteiger partial charge in [0.1, 0.15) is 0 Å². The Kier molecular flexibility index (Phi) is 5.65. The van der Waals surface area contributed by atoms with Gasteiger partial charge in [-0.1, -0.05) is 18.0 Å². The molecule has 130 valence electrons. The molecule has 1 aliphatic heterocycles. The highest BCUT2D eigenvalue weighted by molar-refractivity contribution is 5.85. The minimum atomic E-state index is -0.436. The summed E-state index contributed by atoms with van der Waals surface area (Å²) in [6, 6.07) is 0. The number of aromatic nitrogens is 2. The molecule has 7 nitrogen and oxygen atoms in total. The van der Waals surface area contributed by atoms with Crippen LogP contribution >= 0.6 is 12.4 Å². The second-order valence-corrected chi connectivity index (χ2v) is 6.86. The average Bonchev–Trinajstić information content (AvgIpc) is 3.16. The topological polar surface area (TPSA) is 88.5 Å². The van der Waals surface area contributed by atoms with E-state index < -0.39 is 5.54 Å². The first-order valence-corrected chi connectivity index (χ1v) is 8.03. The number of carbonyl (C=O) groups excluding carboxylic acids is 1. The van der Waals surface area contributed by atoms with Gasteiger partial charge in [-0.05, 0) is 26.9 Å². The van der Waals surface area contributed by atoms with E-state index in [1.807, 2.05) is 19.0 Å². The van der Waals surface area contributed by atoms with Gasteiger partial charge < -0.3 is 20.1 Å². The fourth-order valence-corrected chi connectivity index (χ4v) is 3.31. The summed E-state index contributed by atoms with van der Waals surface area (Å²) in [6.45, 7) is 2.26. The van der Waals surface area contributed by atoms with Crippen LogP contribution in [0.1, 0.15) is 49.7 Å². The molecule has 8 heteroatoms. The van der Waals surface area contributed by atoms with E-state index in [4.69, 9.17) is 10.3 Å². The smallest absolute Gasteiger partial charge is 0.232 e. The molecule has 2 fully saturated rings. The molecule has 1 aromatic heterocycles. The molecular formula is C15H26ClN5O2. The number of hydrogen-bond donors (Lipinski definition) is 1. The minimum absolute atomic E-state index is 0. The number of hydrogen-bond acceptors (Lipinski definition) is 6. The third kappa shape index (κ3) is 3.84. The number of nitrogens with two attached hydrogens (primary N) is 1. The quantitative estimate of drug-likeness (QED) is 0.861. The van der Waals surface area contributed by atoms with E-state index in [2.05, 4.69) is 15.0 Å². The van der Waals surface area contributed by atoms with Crippen LogP contribution in [0.3, 0.4) is 0 Å². The van der Waals surface area contributed by atoms with Crippen molar-refractivity contribution in [3.63, 3.8) is 0 Å². The van der Waals surface area contributed by atoms with Crippen molar-refractivity contribution in [1.29, 1.82) is 0 Å². The number of carbonyl (C=O) groups is 1. The van der Waals surface area contributed by atoms with Crippen molar-refractivity contribution in [3.8, 4) is 0 Å². The standard InChI is InChI=1S/C15H25N5O2.ClH/c1-19(2)7-8-20-10-11(9-12(20)21)13-17-14(18-22-13)15(16)5-3-4-6-15;/h11H,3-10,16H2,1-2H3;1H. The van der Waals surface area contributed by atoms with Gasteiger partial charge in [-0.3, -0.25) is 4.79 Å². The van der Waals surface area contributed by atoms with Crippen LogP contribution in [0.5, 0.6) is 0 Å². The summed E-state index contributed by atoms with van der Waals surface area (Å²) in [4.78, 5) is 20.6. The van der Waals surface area contributed by atoms with E-state index in [0.29, 0.717) is 24.7 Å². The van der Waals surface area contributed by atoms with E-state index >= 15 is 0 Å². The molecule has 2 N–H and O–H groups in total. The monoisotopic (exact) mass is 343 g/mol. The summed E-state index contributed by atoms with van der Waals surface area (Å²) in [5.41, 5.74) is 5.92. The zero-order valence-corrected chi connectivity index (χ0v) is 14.6. The normalized spacial score (nSPS) is 23.6. The predicted molar refractivity (Wildman–Crippen MR) is 88.4 cm³/mol. The lowest BCUT2D eigenvalue weighted by Gasteiger charge is -2.18. The minimum Gasteiger partial charge on any atom is -0.341 e. The highest BCUT2D eigenvalue weighted by Gasteiger charge is 2.39. The number of rotatable bonds is 5. The first-order chi connectivity index (χ1) is 10.5. The number of amides is 1. The molecule has 2 aliphatic rings. The molecule has 1 saturated heterocycles. The summed E-state index contributed by atoms with van der Waals surface area (Å²) in [6.07, 6.45) is 4.49. The van der Waals surface area contributed by atoms with E-state index in [-0.39, 0.29) is 24.2 Å². The van der Waals surface area contributed by atoms with E-state index in [0.717, 1.165) is 38.8 Å². The van der Waals surface area contributed by atoms with Crippen LogP contribution in [0, 0.1) is 0 Å². The zero-order valence-electron chi connectivity index (χ0n) is 13.8. The Morgan fingerprint density at radius 3 is 2.74 bits per heavy atom. The SMILES string of the molecule is CN(C)CCN1CC(c2nc(C3(N)CCCC3)no2)CC1=O.Cl. The summed E-state index contributed by atoms with van der Waals surface area (Å²) in [7, 11) is 4.01. The lowest BCUT2D eigenvalue weighted by atomic mass is 9.98. The van der Waals surface area contributed by atoms with Crippen LogP contribution in [0.25, 0.3) is 0 Å². The molecule has 1 saturated carbocycles. The molecule has 0 radical (unpaired) electrons. The molecule has 2 heterocycles. The summed E-state index contributed by atoms with van der Waals surface area (Å²) < 4.78 is 5.42. The van der Waals surface area contributed by atoms with Crippen LogP contribution in [0.4, 0.5) is 0 Å². The highest BCUT2D eigenvalue weighted by atomic mass is 35.5. The molecule has 0 spiro atoms. The average molecular weight is 344 g/mol. The van der Waals surface area contributed by atoms with Crippen molar-refractivity contribution in [2.45, 2.75) is 43.6 Å². The Balaban J connectivity index is 0.00000192. The van der Waals surface area contributed by atoms with Crippen molar-refractivity contribution in [2.24, 2.45) is 5.73 Å². The Hall–Kier alpha value is -1.18. The molecular weight excluding hydrogens is 318 g/mol. The third-order valence-electron chi connectivity index (χ3n) is 4.76. The second kappa shape index (κ2) is 7.15. The maximum atomic E-state index is 12.1. The Morgan fingerprint density at radius 2 is 2.09 bits per heavy atom. The first kappa shape index (κ1) is 18.2. The Labute approximate surface area is 143 Å². The Morgan fingerprint density at radius 1 is 1.39 bits per heavy atom. The van der Waals surface area contributed by atoms with Gasteiger partial charge in [0.2, 0.25) is 11.8 Å². The van der Waals surface area contributed by atoms with Crippen molar-refractivity contribution >= 4 is 18.3 Å². The molecule has 0 aromatic carbocycles. The van der Waals surface area contributed by atoms with E-state index in [1.165, 1.54) is 0 Å². The molecule has 1 aliphatic carbocycles. The van der Waals surface area contributed by atoms with Gasteiger partial charge in [0.05, 0.1) is 11.5 Å². The van der Waals surface area contributed by atoms with Gasteiger partial charge >= 0.3 is 0 Å². The fourth-order valence-electron chi connectivity index (χ4n) is 3.31. The lowest BCUT2D eigenvalue weighted by molar-refractivity contribution is -0.127. The van der Waals surface area contributed by atoms with Gasteiger partial charge in [0.25, 0.3) is 0 Å². The van der Waals surface area contributed by atoms with Gasteiger partial charge in [0.15, 0.2) is 5.82 Å². The van der Waals surface area contributed by atoms with Crippen LogP contribution in [0.15, 0.2) is 4.52 Å². The summed E-state index contributed by atoms with van der Waals surface area (Å²) in [5.74, 6) is 1.34. The van der Waals surface area contributed by atoms with Gasteiger partial charge in [-0.2, -0.15) is 4.98 Å². The van der Waals surface area contributed by atoms with Gasteiger partial charge in [0, 0.05) is 26.1 Å². The highest BCUT2D eigenvalue weighted by Crippen LogP contribution is 2.36. The van der Waals surface area contributed by atoms with Gasteiger partial charge in [-0.15, -0.1) is 12.4 Å². The summed E-state index contributed by atoms with van der Waals surface area (Å²) >= 11 is 0. The lowest BCUT2D eigenvalue weighted by Crippen LogP contribution is -2.34. The van der Waals surface area contributed by atoms with Crippen molar-refractivity contribution < 1.29 is 9.32 Å². The molecule has 1 aromatic rings. The molecule has 3 rings (SSSR count). The Bertz CT molecular complexity index is 542. The fraction of sp³-hybridized carbons (Fsp3) is 0.800. The molecule has 1 atom stereocenters. The van der Waals surface area contributed by atoms with Crippen LogP contribution < -0.4 is 5.73 Å². The largest absolute Gasteiger partial charge is 0.341 e. The van der Waals surface area contributed by atoms with Crippen LogP contribution in [0.2, 0.25) is 0 Å².